The summed E-state index contributed by atoms with van der Waals surface area (Å²) in [5.74, 6) is 1.14. The Morgan fingerprint density at radius 1 is 1.10 bits per heavy atom. The Morgan fingerprint density at radius 3 is 2.43 bits per heavy atom. The number of anilines is 1. The molecule has 0 unspecified atom stereocenters. The van der Waals surface area contributed by atoms with Crippen molar-refractivity contribution in [3.05, 3.63) is 54.1 Å². The summed E-state index contributed by atoms with van der Waals surface area (Å²) in [6, 6.07) is 16.1. The minimum atomic E-state index is 0.0371. The van der Waals surface area contributed by atoms with Crippen molar-refractivity contribution in [3.8, 4) is 23.1 Å². The molecule has 0 spiro atoms. The van der Waals surface area contributed by atoms with Crippen LogP contribution >= 0.6 is 0 Å². The van der Waals surface area contributed by atoms with Gasteiger partial charge in [-0.2, -0.15) is 4.98 Å². The summed E-state index contributed by atoms with van der Waals surface area (Å²) in [5, 5.41) is 7.52. The fraction of sp³-hybridized carbons (Fsp3) is 0.375. The van der Waals surface area contributed by atoms with E-state index in [1.165, 1.54) is 5.56 Å². The summed E-state index contributed by atoms with van der Waals surface area (Å²) in [7, 11) is 0. The molecule has 0 aliphatic carbocycles. The molecule has 158 valence electrons. The van der Waals surface area contributed by atoms with Gasteiger partial charge in [0.25, 0.3) is 0 Å². The third kappa shape index (κ3) is 5.69. The topological polar surface area (TPSA) is 69.0 Å². The second kappa shape index (κ2) is 10.1. The molecule has 0 radical (unpaired) electrons. The fourth-order valence-corrected chi connectivity index (χ4v) is 2.91. The van der Waals surface area contributed by atoms with Crippen LogP contribution in [0.3, 0.4) is 0 Å². The molecule has 3 aromatic rings. The van der Waals surface area contributed by atoms with Gasteiger partial charge in [-0.25, -0.2) is 4.68 Å². The first-order valence-electron chi connectivity index (χ1n) is 10.5. The van der Waals surface area contributed by atoms with Gasteiger partial charge in [0.15, 0.2) is 5.82 Å². The van der Waals surface area contributed by atoms with E-state index in [1.807, 2.05) is 36.4 Å². The molecule has 6 nitrogen and oxygen atoms in total. The summed E-state index contributed by atoms with van der Waals surface area (Å²) in [6.45, 7) is 8.86. The monoisotopic (exact) mass is 406 g/mol. The van der Waals surface area contributed by atoms with Crippen LogP contribution in [0.15, 0.2) is 48.5 Å². The smallest absolute Gasteiger partial charge is 0.336 e. The zero-order chi connectivity index (χ0) is 21.5. The van der Waals surface area contributed by atoms with E-state index < -0.39 is 0 Å². The number of ether oxygens (including phenoxy) is 1. The minimum Gasteiger partial charge on any atom is -0.462 e. The van der Waals surface area contributed by atoms with Crippen LogP contribution in [-0.4, -0.2) is 27.3 Å². The maximum atomic E-state index is 12.0. The predicted molar refractivity (Wildman–Crippen MR) is 120 cm³/mol. The number of carbonyl (C=O) groups is 1. The lowest BCUT2D eigenvalue weighted by atomic mass is 10.1. The molecule has 30 heavy (non-hydrogen) atoms. The van der Waals surface area contributed by atoms with E-state index in [0.29, 0.717) is 30.8 Å². The van der Waals surface area contributed by atoms with Gasteiger partial charge in [0.05, 0.1) is 12.3 Å². The van der Waals surface area contributed by atoms with E-state index in [-0.39, 0.29) is 5.91 Å². The van der Waals surface area contributed by atoms with Gasteiger partial charge < -0.3 is 10.1 Å². The highest BCUT2D eigenvalue weighted by Crippen LogP contribution is 2.25. The summed E-state index contributed by atoms with van der Waals surface area (Å²) in [4.78, 5) is 16.6. The van der Waals surface area contributed by atoms with Crippen LogP contribution in [0.5, 0.6) is 6.01 Å². The Hall–Kier alpha value is -3.15. The van der Waals surface area contributed by atoms with Crippen LogP contribution in [0.2, 0.25) is 0 Å². The molecule has 0 atom stereocenters. The molecule has 3 rings (SSSR count). The van der Waals surface area contributed by atoms with Gasteiger partial charge in [0.1, 0.15) is 0 Å². The molecule has 0 aliphatic rings. The van der Waals surface area contributed by atoms with Gasteiger partial charge in [-0.3, -0.25) is 4.79 Å². The largest absolute Gasteiger partial charge is 0.462 e. The van der Waals surface area contributed by atoms with Crippen molar-refractivity contribution in [1.82, 2.24) is 14.8 Å². The number of hydrogen-bond donors (Lipinski definition) is 1. The molecule has 1 N–H and O–H groups in total. The number of nitrogens with zero attached hydrogens (tertiary/aromatic N) is 3. The highest BCUT2D eigenvalue weighted by molar-refractivity contribution is 5.90. The van der Waals surface area contributed by atoms with Crippen LogP contribution < -0.4 is 10.1 Å². The van der Waals surface area contributed by atoms with Gasteiger partial charge in [0, 0.05) is 17.7 Å². The number of aryl methyl sites for hydroxylation is 1. The van der Waals surface area contributed by atoms with E-state index in [0.717, 1.165) is 29.8 Å². The van der Waals surface area contributed by atoms with E-state index in [9.17, 15) is 4.79 Å². The summed E-state index contributed by atoms with van der Waals surface area (Å²) in [6.07, 6.45) is 2.43. The summed E-state index contributed by atoms with van der Waals surface area (Å²) < 4.78 is 7.55. The lowest BCUT2D eigenvalue weighted by Gasteiger charge is -2.08. The highest BCUT2D eigenvalue weighted by atomic mass is 16.5. The van der Waals surface area contributed by atoms with Gasteiger partial charge >= 0.3 is 6.01 Å². The van der Waals surface area contributed by atoms with Gasteiger partial charge in [-0.15, -0.1) is 5.10 Å². The van der Waals surface area contributed by atoms with Crippen LogP contribution in [0.4, 0.5) is 5.69 Å². The number of rotatable bonds is 9. The van der Waals surface area contributed by atoms with Gasteiger partial charge in [0.2, 0.25) is 5.91 Å². The van der Waals surface area contributed by atoms with Crippen LogP contribution in [-0.2, 0) is 4.79 Å². The molecule has 0 aliphatic heterocycles. The Bertz CT molecular complexity index is 960. The molecule has 6 heteroatoms. The maximum absolute atomic E-state index is 12.0. The third-order valence-electron chi connectivity index (χ3n) is 4.60. The number of aromatic nitrogens is 3. The van der Waals surface area contributed by atoms with Gasteiger partial charge in [-0.05, 0) is 43.5 Å². The maximum Gasteiger partial charge on any atom is 0.336 e. The first-order chi connectivity index (χ1) is 14.5. The predicted octanol–water partition coefficient (Wildman–Crippen LogP) is 5.41. The second-order valence-electron chi connectivity index (χ2n) is 7.90. The molecule has 0 bridgehead atoms. The Kier molecular flexibility index (Phi) is 7.22. The summed E-state index contributed by atoms with van der Waals surface area (Å²) in [5.41, 5.74) is 3.77. The standard InChI is InChI=1S/C24H30N4O2/c1-5-6-7-22(29)25-20-12-14-21(15-13-20)28-23(19-10-8-18(4)9-11-19)26-24(27-28)30-16-17(2)3/h8-15,17H,5-7,16H2,1-4H3,(H,25,29). The Labute approximate surface area is 178 Å². The first kappa shape index (κ1) is 21.6. The fourth-order valence-electron chi connectivity index (χ4n) is 2.91. The van der Waals surface area contributed by atoms with Crippen LogP contribution in [0.1, 0.15) is 45.6 Å². The van der Waals surface area contributed by atoms with E-state index in [2.05, 4.69) is 55.2 Å². The van der Waals surface area contributed by atoms with Crippen LogP contribution in [0.25, 0.3) is 17.1 Å². The zero-order valence-corrected chi connectivity index (χ0v) is 18.2. The summed E-state index contributed by atoms with van der Waals surface area (Å²) >= 11 is 0. The van der Waals surface area contributed by atoms with Crippen molar-refractivity contribution in [2.24, 2.45) is 5.92 Å². The Balaban J connectivity index is 1.87. The van der Waals surface area contributed by atoms with Gasteiger partial charge in [-0.1, -0.05) is 57.0 Å². The van der Waals surface area contributed by atoms with Crippen molar-refractivity contribution in [2.75, 3.05) is 11.9 Å². The molecular formula is C24H30N4O2. The lowest BCUT2D eigenvalue weighted by Crippen LogP contribution is -2.11. The molecule has 0 fully saturated rings. The molecule has 2 aromatic carbocycles. The molecule has 0 saturated heterocycles. The van der Waals surface area contributed by atoms with Crippen molar-refractivity contribution in [2.45, 2.75) is 47.0 Å². The van der Waals surface area contributed by atoms with Crippen molar-refractivity contribution >= 4 is 11.6 Å². The quantitative estimate of drug-likeness (QED) is 0.516. The molecule has 1 amide bonds. The van der Waals surface area contributed by atoms with Crippen molar-refractivity contribution in [3.63, 3.8) is 0 Å². The SMILES string of the molecule is CCCCC(=O)Nc1ccc(-n2nc(OCC(C)C)nc2-c2ccc(C)cc2)cc1. The van der Waals surface area contributed by atoms with Crippen molar-refractivity contribution in [1.29, 1.82) is 0 Å². The first-order valence-corrected chi connectivity index (χ1v) is 10.5. The normalized spacial score (nSPS) is 11.0. The van der Waals surface area contributed by atoms with E-state index in [1.54, 1.807) is 4.68 Å². The van der Waals surface area contributed by atoms with E-state index in [4.69, 9.17) is 4.74 Å². The number of nitrogens with one attached hydrogen (secondary N) is 1. The average molecular weight is 407 g/mol. The zero-order valence-electron chi connectivity index (χ0n) is 18.2. The van der Waals surface area contributed by atoms with E-state index >= 15 is 0 Å². The lowest BCUT2D eigenvalue weighted by molar-refractivity contribution is -0.116. The van der Waals surface area contributed by atoms with Crippen LogP contribution in [0, 0.1) is 12.8 Å². The second-order valence-corrected chi connectivity index (χ2v) is 7.90. The number of benzene rings is 2. The third-order valence-corrected chi connectivity index (χ3v) is 4.60. The average Bonchev–Trinajstić information content (AvgIpc) is 3.16. The highest BCUT2D eigenvalue weighted by Gasteiger charge is 2.15. The molecular weight excluding hydrogens is 376 g/mol. The van der Waals surface area contributed by atoms with Crippen molar-refractivity contribution < 1.29 is 9.53 Å². The molecule has 1 heterocycles. The molecule has 0 saturated carbocycles. The Morgan fingerprint density at radius 2 is 1.80 bits per heavy atom. The minimum absolute atomic E-state index is 0.0371. The molecule has 1 aromatic heterocycles. The number of unbranched alkanes of at least 4 members (excludes halogenated alkanes) is 1. The number of hydrogen-bond acceptors (Lipinski definition) is 4. The number of amides is 1. The number of carbonyl (C=O) groups excluding carboxylic acids is 1.